The minimum absolute atomic E-state index is 0.0475. The maximum Gasteiger partial charge on any atom is 0.257 e. The molecule has 0 aliphatic heterocycles. The van der Waals surface area contributed by atoms with Crippen molar-refractivity contribution >= 4 is 10.0 Å². The van der Waals surface area contributed by atoms with Gasteiger partial charge in [-0.15, -0.1) is 0 Å². The predicted molar refractivity (Wildman–Crippen MR) is 52.0 cm³/mol. The molecule has 0 aliphatic carbocycles. The van der Waals surface area contributed by atoms with Crippen molar-refractivity contribution in [3.05, 3.63) is 12.0 Å². The van der Waals surface area contributed by atoms with Crippen LogP contribution in [0, 0.1) is 0 Å². The third-order valence-corrected chi connectivity index (χ3v) is 2.64. The number of aromatic nitrogens is 2. The van der Waals surface area contributed by atoms with Crippen LogP contribution in [-0.4, -0.2) is 37.0 Å². The summed E-state index contributed by atoms with van der Waals surface area (Å²) in [5, 5.41) is 4.98. The number of imidazole rings is 1. The van der Waals surface area contributed by atoms with Crippen LogP contribution in [-0.2, 0) is 23.6 Å². The smallest absolute Gasteiger partial charge is 0.257 e. The standard InChI is InChI=1S/C7H14N4O2S/c1-10(2)4-6-7(14(8,12)13)9-5-11(6)3/h5H,4H2,1-3H3,(H2,8,12,13). The maximum absolute atomic E-state index is 11.1. The average Bonchev–Trinajstić information content (AvgIpc) is 2.30. The highest BCUT2D eigenvalue weighted by Gasteiger charge is 2.19. The molecule has 2 N–H and O–H groups in total. The number of aryl methyl sites for hydroxylation is 1. The van der Waals surface area contributed by atoms with Crippen molar-refractivity contribution in [3.8, 4) is 0 Å². The molecule has 0 radical (unpaired) electrons. The molecule has 1 aromatic rings. The lowest BCUT2D eigenvalue weighted by Crippen LogP contribution is -2.19. The fourth-order valence-corrected chi connectivity index (χ4v) is 1.88. The van der Waals surface area contributed by atoms with E-state index in [0.29, 0.717) is 12.2 Å². The van der Waals surface area contributed by atoms with Crippen molar-refractivity contribution in [1.82, 2.24) is 14.5 Å². The Labute approximate surface area is 83.4 Å². The first-order chi connectivity index (χ1) is 6.32. The molecule has 0 fully saturated rings. The molecule has 1 aromatic heterocycles. The van der Waals surface area contributed by atoms with Crippen LogP contribution in [0.1, 0.15) is 5.69 Å². The van der Waals surface area contributed by atoms with E-state index < -0.39 is 10.0 Å². The Bertz CT molecular complexity index is 421. The van der Waals surface area contributed by atoms with Crippen LogP contribution in [0.5, 0.6) is 0 Å². The SMILES string of the molecule is CN(C)Cc1c(S(N)(=O)=O)ncn1C. The summed E-state index contributed by atoms with van der Waals surface area (Å²) >= 11 is 0. The van der Waals surface area contributed by atoms with E-state index in [1.54, 1.807) is 11.6 Å². The van der Waals surface area contributed by atoms with Crippen molar-refractivity contribution in [2.24, 2.45) is 12.2 Å². The van der Waals surface area contributed by atoms with Gasteiger partial charge in [0.25, 0.3) is 10.0 Å². The summed E-state index contributed by atoms with van der Waals surface area (Å²) in [5.74, 6) is 0. The van der Waals surface area contributed by atoms with Gasteiger partial charge in [0.1, 0.15) is 0 Å². The first kappa shape index (κ1) is 11.2. The van der Waals surface area contributed by atoms with Gasteiger partial charge in [0.2, 0.25) is 0 Å². The molecule has 0 saturated carbocycles. The number of primary sulfonamides is 1. The maximum atomic E-state index is 11.1. The van der Waals surface area contributed by atoms with Gasteiger partial charge >= 0.3 is 0 Å². The summed E-state index contributed by atoms with van der Waals surface area (Å²) in [6.07, 6.45) is 1.44. The molecular weight excluding hydrogens is 204 g/mol. The van der Waals surface area contributed by atoms with Gasteiger partial charge in [0.05, 0.1) is 12.0 Å². The van der Waals surface area contributed by atoms with Crippen LogP contribution in [0.2, 0.25) is 0 Å². The van der Waals surface area contributed by atoms with Crippen LogP contribution in [0.15, 0.2) is 11.4 Å². The molecule has 1 rings (SSSR count). The first-order valence-electron chi connectivity index (χ1n) is 4.00. The minimum atomic E-state index is -3.72. The second kappa shape index (κ2) is 3.68. The molecule has 0 aliphatic rings. The summed E-state index contributed by atoms with van der Waals surface area (Å²) in [6.45, 7) is 0.488. The van der Waals surface area contributed by atoms with E-state index in [1.165, 1.54) is 6.33 Å². The average molecular weight is 218 g/mol. The van der Waals surface area contributed by atoms with Gasteiger partial charge in [-0.3, -0.25) is 0 Å². The van der Waals surface area contributed by atoms with E-state index in [-0.39, 0.29) is 5.03 Å². The Morgan fingerprint density at radius 1 is 1.57 bits per heavy atom. The fourth-order valence-electron chi connectivity index (χ4n) is 1.15. The van der Waals surface area contributed by atoms with Gasteiger partial charge in [0, 0.05) is 13.6 Å². The Morgan fingerprint density at radius 2 is 2.14 bits per heavy atom. The largest absolute Gasteiger partial charge is 0.335 e. The monoisotopic (exact) mass is 218 g/mol. The third kappa shape index (κ3) is 2.31. The Kier molecular flexibility index (Phi) is 2.93. The molecule has 6 nitrogen and oxygen atoms in total. The highest BCUT2D eigenvalue weighted by atomic mass is 32.2. The molecule has 0 amide bonds. The van der Waals surface area contributed by atoms with Gasteiger partial charge in [-0.1, -0.05) is 0 Å². The minimum Gasteiger partial charge on any atom is -0.335 e. The number of nitrogens with two attached hydrogens (primary N) is 1. The number of rotatable bonds is 3. The second-order valence-electron chi connectivity index (χ2n) is 3.39. The van der Waals surface area contributed by atoms with E-state index in [4.69, 9.17) is 5.14 Å². The summed E-state index contributed by atoms with van der Waals surface area (Å²) in [4.78, 5) is 5.62. The summed E-state index contributed by atoms with van der Waals surface area (Å²) in [6, 6.07) is 0. The highest BCUT2D eigenvalue weighted by molar-refractivity contribution is 7.89. The molecule has 1 heterocycles. The quantitative estimate of drug-likeness (QED) is 0.715. The zero-order valence-corrected chi connectivity index (χ0v) is 9.24. The van der Waals surface area contributed by atoms with E-state index in [9.17, 15) is 8.42 Å². The number of sulfonamides is 1. The van der Waals surface area contributed by atoms with Gasteiger partial charge in [0.15, 0.2) is 5.03 Å². The zero-order valence-electron chi connectivity index (χ0n) is 8.43. The molecule has 0 bridgehead atoms. The Balaban J connectivity index is 3.20. The summed E-state index contributed by atoms with van der Waals surface area (Å²) < 4.78 is 23.9. The lowest BCUT2D eigenvalue weighted by molar-refractivity contribution is 0.386. The first-order valence-corrected chi connectivity index (χ1v) is 5.54. The topological polar surface area (TPSA) is 81.2 Å². The summed E-state index contributed by atoms with van der Waals surface area (Å²) in [7, 11) is 1.71. The molecule has 7 heteroatoms. The van der Waals surface area contributed by atoms with Crippen LogP contribution in [0.3, 0.4) is 0 Å². The van der Waals surface area contributed by atoms with Crippen LogP contribution >= 0.6 is 0 Å². The number of nitrogens with zero attached hydrogens (tertiary/aromatic N) is 3. The van der Waals surface area contributed by atoms with Crippen molar-refractivity contribution in [2.75, 3.05) is 14.1 Å². The molecule has 0 saturated heterocycles. The van der Waals surface area contributed by atoms with Crippen LogP contribution in [0.25, 0.3) is 0 Å². The number of hydrogen-bond donors (Lipinski definition) is 1. The molecule has 80 valence electrons. The zero-order chi connectivity index (χ0) is 10.9. The molecule has 0 aromatic carbocycles. The molecular formula is C7H14N4O2S. The van der Waals surface area contributed by atoms with E-state index >= 15 is 0 Å². The third-order valence-electron chi connectivity index (χ3n) is 1.76. The number of hydrogen-bond acceptors (Lipinski definition) is 4. The summed E-state index contributed by atoms with van der Waals surface area (Å²) in [5.41, 5.74) is 0.595. The Morgan fingerprint density at radius 3 is 2.57 bits per heavy atom. The molecule has 14 heavy (non-hydrogen) atoms. The van der Waals surface area contributed by atoms with E-state index in [2.05, 4.69) is 4.98 Å². The van der Waals surface area contributed by atoms with Crippen LogP contribution < -0.4 is 5.14 Å². The molecule has 0 spiro atoms. The normalized spacial score (nSPS) is 12.4. The van der Waals surface area contributed by atoms with Gasteiger partial charge in [-0.25, -0.2) is 18.5 Å². The van der Waals surface area contributed by atoms with Crippen LogP contribution in [0.4, 0.5) is 0 Å². The molecule has 0 unspecified atom stereocenters. The van der Waals surface area contributed by atoms with E-state index in [0.717, 1.165) is 0 Å². The van der Waals surface area contributed by atoms with Crippen molar-refractivity contribution in [1.29, 1.82) is 0 Å². The van der Waals surface area contributed by atoms with Gasteiger partial charge in [-0.05, 0) is 14.1 Å². The van der Waals surface area contributed by atoms with E-state index in [1.807, 2.05) is 19.0 Å². The molecule has 0 atom stereocenters. The Hall–Kier alpha value is -0.920. The van der Waals surface area contributed by atoms with Crippen molar-refractivity contribution < 1.29 is 8.42 Å². The lowest BCUT2D eigenvalue weighted by Gasteiger charge is -2.10. The lowest BCUT2D eigenvalue weighted by atomic mass is 10.4. The van der Waals surface area contributed by atoms with Gasteiger partial charge < -0.3 is 9.47 Å². The second-order valence-corrected chi connectivity index (χ2v) is 4.87. The van der Waals surface area contributed by atoms with Crippen molar-refractivity contribution in [2.45, 2.75) is 11.6 Å². The highest BCUT2D eigenvalue weighted by Crippen LogP contribution is 2.12. The predicted octanol–water partition coefficient (Wildman–Crippen LogP) is -0.871. The van der Waals surface area contributed by atoms with Crippen molar-refractivity contribution in [3.63, 3.8) is 0 Å². The fraction of sp³-hybridized carbons (Fsp3) is 0.571. The van der Waals surface area contributed by atoms with Gasteiger partial charge in [-0.2, -0.15) is 0 Å².